The topological polar surface area (TPSA) is 63.4 Å². The van der Waals surface area contributed by atoms with Gasteiger partial charge in [0.15, 0.2) is 0 Å². The highest BCUT2D eigenvalue weighted by Crippen LogP contribution is 2.15. The van der Waals surface area contributed by atoms with Crippen molar-refractivity contribution in [1.82, 2.24) is 0 Å². The number of aromatic hydroxyl groups is 1. The Labute approximate surface area is 118 Å². The summed E-state index contributed by atoms with van der Waals surface area (Å²) >= 11 is 0. The fraction of sp³-hybridized carbons (Fsp3) is 0.250. The number of rotatable bonds is 3. The Bertz CT molecular complexity index is 524. The first-order valence-corrected chi connectivity index (χ1v) is 6.34. The van der Waals surface area contributed by atoms with E-state index in [9.17, 15) is 10.1 Å². The molecule has 0 aliphatic rings. The van der Waals surface area contributed by atoms with Gasteiger partial charge in [-0.2, -0.15) is 0 Å². The number of para-hydroxylation sites is 1. The molecule has 4 nitrogen and oxygen atoms in total. The van der Waals surface area contributed by atoms with Gasteiger partial charge in [0.1, 0.15) is 5.75 Å². The molecule has 106 valence electrons. The van der Waals surface area contributed by atoms with E-state index >= 15 is 0 Å². The van der Waals surface area contributed by atoms with E-state index in [2.05, 4.69) is 0 Å². The highest BCUT2D eigenvalue weighted by Gasteiger charge is 2.30. The first kappa shape index (κ1) is 15.7. The fourth-order valence-corrected chi connectivity index (χ4v) is 1.59. The van der Waals surface area contributed by atoms with Gasteiger partial charge in [-0.05, 0) is 17.7 Å². The maximum Gasteiger partial charge on any atom is 0.220 e. The van der Waals surface area contributed by atoms with Crippen LogP contribution in [0.4, 0.5) is 0 Å². The molecule has 0 bridgehead atoms. The molecule has 1 N–H and O–H groups in total. The maximum atomic E-state index is 10.6. The van der Waals surface area contributed by atoms with Crippen molar-refractivity contribution in [3.63, 3.8) is 0 Å². The van der Waals surface area contributed by atoms with E-state index in [1.54, 1.807) is 38.1 Å². The summed E-state index contributed by atoms with van der Waals surface area (Å²) < 4.78 is 0. The van der Waals surface area contributed by atoms with E-state index in [4.69, 9.17) is 5.11 Å². The minimum absolute atomic E-state index is 0.236. The largest absolute Gasteiger partial charge is 0.508 e. The Morgan fingerprint density at radius 1 is 1.00 bits per heavy atom. The van der Waals surface area contributed by atoms with Crippen molar-refractivity contribution in [3.05, 3.63) is 76.3 Å². The molecule has 0 atom stereocenters. The standard InChI is InChI=1S/C10H13NO2.C6H6O/c1-10(2,11(12)13)8-9-6-4-3-5-7-9;7-6-4-2-1-3-5-6/h3-7H,8H2,1-2H3;1-5,7H. The summed E-state index contributed by atoms with van der Waals surface area (Å²) in [6, 6.07) is 18.2. The smallest absolute Gasteiger partial charge is 0.220 e. The zero-order chi connectivity index (χ0) is 15.0. The number of phenols is 1. The molecule has 0 aliphatic heterocycles. The van der Waals surface area contributed by atoms with Crippen LogP contribution in [0.2, 0.25) is 0 Å². The number of hydrogen-bond acceptors (Lipinski definition) is 3. The lowest BCUT2D eigenvalue weighted by molar-refractivity contribution is -0.560. The lowest BCUT2D eigenvalue weighted by Crippen LogP contribution is -2.33. The Kier molecular flexibility index (Phi) is 5.72. The van der Waals surface area contributed by atoms with Crippen LogP contribution in [0.3, 0.4) is 0 Å². The monoisotopic (exact) mass is 273 g/mol. The van der Waals surface area contributed by atoms with Crippen LogP contribution < -0.4 is 0 Å². The predicted octanol–water partition coefficient (Wildman–Crippen LogP) is 3.68. The normalized spacial score (nSPS) is 10.3. The second-order valence-electron chi connectivity index (χ2n) is 5.07. The molecule has 0 fully saturated rings. The van der Waals surface area contributed by atoms with Crippen LogP contribution in [0.1, 0.15) is 19.4 Å². The SMILES string of the molecule is CC(C)(Cc1ccccc1)[N+](=O)[O-].Oc1ccccc1. The van der Waals surface area contributed by atoms with Crippen molar-refractivity contribution in [2.45, 2.75) is 25.8 Å². The van der Waals surface area contributed by atoms with Gasteiger partial charge in [0, 0.05) is 25.2 Å². The van der Waals surface area contributed by atoms with E-state index < -0.39 is 5.54 Å². The van der Waals surface area contributed by atoms with Crippen LogP contribution in [-0.4, -0.2) is 15.6 Å². The molecule has 0 saturated heterocycles. The third-order valence-electron chi connectivity index (χ3n) is 2.73. The number of nitrogens with zero attached hydrogens (tertiary/aromatic N) is 1. The molecular formula is C16H19NO3. The molecule has 0 radical (unpaired) electrons. The van der Waals surface area contributed by atoms with E-state index in [1.165, 1.54) is 0 Å². The van der Waals surface area contributed by atoms with Crippen LogP contribution in [-0.2, 0) is 6.42 Å². The molecule has 0 heterocycles. The van der Waals surface area contributed by atoms with Gasteiger partial charge >= 0.3 is 0 Å². The van der Waals surface area contributed by atoms with Gasteiger partial charge in [0.25, 0.3) is 0 Å². The van der Waals surface area contributed by atoms with Gasteiger partial charge in [-0.3, -0.25) is 10.1 Å². The van der Waals surface area contributed by atoms with Crippen LogP contribution in [0.15, 0.2) is 60.7 Å². The first-order chi connectivity index (χ1) is 9.42. The second kappa shape index (κ2) is 7.28. The van der Waals surface area contributed by atoms with Crippen LogP contribution in [0.25, 0.3) is 0 Å². The molecule has 2 aromatic carbocycles. The Morgan fingerprint density at radius 2 is 1.45 bits per heavy atom. The van der Waals surface area contributed by atoms with Crippen molar-refractivity contribution in [2.75, 3.05) is 0 Å². The minimum Gasteiger partial charge on any atom is -0.508 e. The molecule has 0 aliphatic carbocycles. The lowest BCUT2D eigenvalue weighted by Gasteiger charge is -2.14. The average Bonchev–Trinajstić information content (AvgIpc) is 2.41. The van der Waals surface area contributed by atoms with Gasteiger partial charge in [0.2, 0.25) is 5.54 Å². The van der Waals surface area contributed by atoms with Gasteiger partial charge in [-0.1, -0.05) is 48.5 Å². The van der Waals surface area contributed by atoms with Crippen LogP contribution >= 0.6 is 0 Å². The Balaban J connectivity index is 0.000000240. The summed E-state index contributed by atoms with van der Waals surface area (Å²) in [5.41, 5.74) is 0.130. The van der Waals surface area contributed by atoms with E-state index in [0.29, 0.717) is 12.2 Å². The zero-order valence-electron chi connectivity index (χ0n) is 11.7. The van der Waals surface area contributed by atoms with Crippen molar-refractivity contribution in [1.29, 1.82) is 0 Å². The van der Waals surface area contributed by atoms with Crippen LogP contribution in [0, 0.1) is 10.1 Å². The molecule has 20 heavy (non-hydrogen) atoms. The average molecular weight is 273 g/mol. The summed E-state index contributed by atoms with van der Waals surface area (Å²) in [7, 11) is 0. The third kappa shape index (κ3) is 5.52. The molecule has 0 aromatic heterocycles. The second-order valence-corrected chi connectivity index (χ2v) is 5.07. The van der Waals surface area contributed by atoms with Crippen molar-refractivity contribution >= 4 is 0 Å². The predicted molar refractivity (Wildman–Crippen MR) is 79.3 cm³/mol. The lowest BCUT2D eigenvalue weighted by atomic mass is 9.96. The van der Waals surface area contributed by atoms with Crippen molar-refractivity contribution in [3.8, 4) is 5.75 Å². The maximum absolute atomic E-state index is 10.6. The molecule has 2 rings (SSSR count). The summed E-state index contributed by atoms with van der Waals surface area (Å²) in [5, 5.41) is 19.3. The zero-order valence-corrected chi connectivity index (χ0v) is 11.7. The molecule has 0 unspecified atom stereocenters. The van der Waals surface area contributed by atoms with E-state index in [1.807, 2.05) is 36.4 Å². The molecule has 2 aromatic rings. The summed E-state index contributed by atoms with van der Waals surface area (Å²) in [6.07, 6.45) is 0.473. The van der Waals surface area contributed by atoms with E-state index in [-0.39, 0.29) is 4.92 Å². The van der Waals surface area contributed by atoms with Gasteiger partial charge in [-0.15, -0.1) is 0 Å². The van der Waals surface area contributed by atoms with Crippen molar-refractivity contribution < 1.29 is 10.0 Å². The summed E-state index contributed by atoms with van der Waals surface area (Å²) in [4.78, 5) is 10.4. The van der Waals surface area contributed by atoms with Gasteiger partial charge in [-0.25, -0.2) is 0 Å². The quantitative estimate of drug-likeness (QED) is 0.685. The number of hydrogen-bond donors (Lipinski definition) is 1. The first-order valence-electron chi connectivity index (χ1n) is 6.34. The Morgan fingerprint density at radius 3 is 1.80 bits per heavy atom. The van der Waals surface area contributed by atoms with Gasteiger partial charge < -0.3 is 5.11 Å². The number of phenolic OH excluding ortho intramolecular Hbond substituents is 1. The van der Waals surface area contributed by atoms with Crippen molar-refractivity contribution in [2.24, 2.45) is 0 Å². The third-order valence-corrected chi connectivity index (χ3v) is 2.73. The number of nitro groups is 1. The molecule has 0 spiro atoms. The summed E-state index contributed by atoms with van der Waals surface area (Å²) in [6.45, 7) is 3.28. The molecular weight excluding hydrogens is 254 g/mol. The molecule has 4 heteroatoms. The van der Waals surface area contributed by atoms with E-state index in [0.717, 1.165) is 5.56 Å². The Hall–Kier alpha value is -2.36. The highest BCUT2D eigenvalue weighted by atomic mass is 16.6. The summed E-state index contributed by atoms with van der Waals surface area (Å²) in [5.74, 6) is 0.322. The molecule has 0 amide bonds. The number of benzene rings is 2. The highest BCUT2D eigenvalue weighted by molar-refractivity contribution is 5.18. The fourth-order valence-electron chi connectivity index (χ4n) is 1.59. The molecule has 0 saturated carbocycles. The van der Waals surface area contributed by atoms with Gasteiger partial charge in [0.05, 0.1) is 0 Å². The van der Waals surface area contributed by atoms with Crippen LogP contribution in [0.5, 0.6) is 5.75 Å². The minimum atomic E-state index is -0.874.